The first-order chi connectivity index (χ1) is 4.36. The van der Waals surface area contributed by atoms with E-state index in [1.54, 1.807) is 0 Å². The van der Waals surface area contributed by atoms with E-state index in [2.05, 4.69) is 6.08 Å². The van der Waals surface area contributed by atoms with Crippen LogP contribution >= 0.6 is 0 Å². The molecule has 2 aliphatic rings. The largest absolute Gasteiger partial charge is 0.389 e. The van der Waals surface area contributed by atoms with Gasteiger partial charge >= 0.3 is 0 Å². The molecule has 0 aromatic rings. The van der Waals surface area contributed by atoms with E-state index in [1.807, 2.05) is 6.08 Å². The summed E-state index contributed by atoms with van der Waals surface area (Å²) in [5.41, 5.74) is 0. The summed E-state index contributed by atoms with van der Waals surface area (Å²) in [5.74, 6) is 1.40. The zero-order valence-corrected chi connectivity index (χ0v) is 5.46. The lowest BCUT2D eigenvalue weighted by atomic mass is 9.93. The van der Waals surface area contributed by atoms with Crippen LogP contribution < -0.4 is 0 Å². The quantitative estimate of drug-likeness (QED) is 0.483. The van der Waals surface area contributed by atoms with Crippen LogP contribution in [0.15, 0.2) is 12.2 Å². The van der Waals surface area contributed by atoms with E-state index in [9.17, 15) is 5.11 Å². The molecule has 1 saturated carbocycles. The van der Waals surface area contributed by atoms with Crippen LogP contribution in [0.4, 0.5) is 0 Å². The third-order valence-corrected chi connectivity index (χ3v) is 2.58. The van der Waals surface area contributed by atoms with E-state index >= 15 is 0 Å². The van der Waals surface area contributed by atoms with Crippen molar-refractivity contribution in [2.75, 3.05) is 0 Å². The van der Waals surface area contributed by atoms with Crippen molar-refractivity contribution in [3.8, 4) is 0 Å². The highest BCUT2D eigenvalue weighted by molar-refractivity contribution is 5.05. The van der Waals surface area contributed by atoms with Gasteiger partial charge in [-0.1, -0.05) is 12.2 Å². The van der Waals surface area contributed by atoms with Crippen molar-refractivity contribution in [1.29, 1.82) is 0 Å². The second kappa shape index (κ2) is 1.84. The van der Waals surface area contributed by atoms with Gasteiger partial charge < -0.3 is 5.11 Å². The van der Waals surface area contributed by atoms with E-state index in [4.69, 9.17) is 0 Å². The molecule has 0 unspecified atom stereocenters. The summed E-state index contributed by atoms with van der Waals surface area (Å²) in [6.45, 7) is 0. The minimum Gasteiger partial charge on any atom is -0.389 e. The molecular weight excluding hydrogens is 112 g/mol. The Hall–Kier alpha value is -0.300. The fourth-order valence-electron chi connectivity index (χ4n) is 1.97. The predicted molar refractivity (Wildman–Crippen MR) is 36.0 cm³/mol. The second-order valence-corrected chi connectivity index (χ2v) is 3.21. The summed E-state index contributed by atoms with van der Waals surface area (Å²) in [6, 6.07) is 0. The zero-order valence-electron chi connectivity index (χ0n) is 5.46. The lowest BCUT2D eigenvalue weighted by Crippen LogP contribution is -2.17. The Labute approximate surface area is 55.4 Å². The molecule has 0 aromatic carbocycles. The maximum absolute atomic E-state index is 9.31. The summed E-state index contributed by atoms with van der Waals surface area (Å²) in [7, 11) is 0. The third kappa shape index (κ3) is 0.799. The first-order valence-corrected chi connectivity index (χ1v) is 3.72. The highest BCUT2D eigenvalue weighted by Crippen LogP contribution is 2.37. The van der Waals surface area contributed by atoms with Gasteiger partial charge in [-0.05, 0) is 31.1 Å². The molecule has 1 heteroatoms. The van der Waals surface area contributed by atoms with Crippen LogP contribution in [-0.2, 0) is 0 Å². The molecule has 0 spiro atoms. The Morgan fingerprint density at radius 3 is 2.89 bits per heavy atom. The van der Waals surface area contributed by atoms with Crippen LogP contribution in [-0.4, -0.2) is 11.2 Å². The van der Waals surface area contributed by atoms with Crippen LogP contribution in [0.3, 0.4) is 0 Å². The summed E-state index contributed by atoms with van der Waals surface area (Å²) < 4.78 is 0. The molecule has 0 amide bonds. The monoisotopic (exact) mass is 124 g/mol. The van der Waals surface area contributed by atoms with E-state index in [-0.39, 0.29) is 6.10 Å². The van der Waals surface area contributed by atoms with Crippen molar-refractivity contribution in [3.05, 3.63) is 12.2 Å². The molecule has 1 N–H and O–H groups in total. The molecule has 0 saturated heterocycles. The molecular formula is C8H12O. The summed E-state index contributed by atoms with van der Waals surface area (Å²) in [4.78, 5) is 0. The van der Waals surface area contributed by atoms with Crippen LogP contribution in [0.2, 0.25) is 0 Å². The second-order valence-electron chi connectivity index (χ2n) is 3.21. The molecule has 0 heterocycles. The van der Waals surface area contributed by atoms with Gasteiger partial charge in [0.05, 0.1) is 6.10 Å². The number of rotatable bonds is 0. The van der Waals surface area contributed by atoms with Crippen LogP contribution in [0.25, 0.3) is 0 Å². The molecule has 50 valence electrons. The van der Waals surface area contributed by atoms with Crippen LogP contribution in [0, 0.1) is 11.8 Å². The summed E-state index contributed by atoms with van der Waals surface area (Å²) in [5, 5.41) is 9.31. The average molecular weight is 124 g/mol. The van der Waals surface area contributed by atoms with Crippen LogP contribution in [0.1, 0.15) is 19.3 Å². The van der Waals surface area contributed by atoms with Gasteiger partial charge in [-0.15, -0.1) is 0 Å². The molecule has 0 aromatic heterocycles. The topological polar surface area (TPSA) is 20.2 Å². The lowest BCUT2D eigenvalue weighted by molar-refractivity contribution is 0.149. The number of aliphatic hydroxyl groups excluding tert-OH is 1. The molecule has 0 radical (unpaired) electrons. The van der Waals surface area contributed by atoms with E-state index < -0.39 is 0 Å². The van der Waals surface area contributed by atoms with Gasteiger partial charge in [0.1, 0.15) is 0 Å². The Morgan fingerprint density at radius 1 is 1.22 bits per heavy atom. The fourth-order valence-corrected chi connectivity index (χ4v) is 1.97. The van der Waals surface area contributed by atoms with Gasteiger partial charge in [0.25, 0.3) is 0 Å². The van der Waals surface area contributed by atoms with E-state index in [0.29, 0.717) is 5.92 Å². The van der Waals surface area contributed by atoms with Gasteiger partial charge in [-0.2, -0.15) is 0 Å². The normalized spacial score (nSPS) is 47.9. The molecule has 0 aliphatic heterocycles. The minimum absolute atomic E-state index is 0.122. The maximum atomic E-state index is 9.31. The molecule has 1 fully saturated rings. The number of aliphatic hydroxyl groups is 1. The van der Waals surface area contributed by atoms with Crippen molar-refractivity contribution in [2.45, 2.75) is 25.4 Å². The lowest BCUT2D eigenvalue weighted by Gasteiger charge is -2.17. The fraction of sp³-hybridized carbons (Fsp3) is 0.750. The zero-order chi connectivity index (χ0) is 6.27. The van der Waals surface area contributed by atoms with Gasteiger partial charge in [-0.25, -0.2) is 0 Å². The molecule has 2 rings (SSSR count). The summed E-state index contributed by atoms with van der Waals surface area (Å²) in [6.07, 6.45) is 7.79. The van der Waals surface area contributed by atoms with Crippen molar-refractivity contribution in [3.63, 3.8) is 0 Å². The van der Waals surface area contributed by atoms with Gasteiger partial charge in [0.15, 0.2) is 0 Å². The Balaban J connectivity index is 2.19. The summed E-state index contributed by atoms with van der Waals surface area (Å²) >= 11 is 0. The maximum Gasteiger partial charge on any atom is 0.0749 e. The van der Waals surface area contributed by atoms with Gasteiger partial charge in [-0.3, -0.25) is 0 Å². The highest BCUT2D eigenvalue weighted by Gasteiger charge is 2.30. The Morgan fingerprint density at radius 2 is 2.11 bits per heavy atom. The number of fused-ring (bicyclic) bond motifs is 2. The van der Waals surface area contributed by atoms with Crippen molar-refractivity contribution in [1.82, 2.24) is 0 Å². The molecule has 3 atom stereocenters. The number of hydrogen-bond donors (Lipinski definition) is 1. The Kier molecular flexibility index (Phi) is 1.12. The predicted octanol–water partition coefficient (Wildman–Crippen LogP) is 1.33. The molecule has 2 aliphatic carbocycles. The first-order valence-electron chi connectivity index (χ1n) is 3.72. The standard InChI is InChI=1S/C8H12O/c9-8-4-2-6-1-3-7(8)5-6/h2,4,6-9H,1,3,5H2/t6-,7-,8-/m0/s1. The smallest absolute Gasteiger partial charge is 0.0749 e. The van der Waals surface area contributed by atoms with E-state index in [0.717, 1.165) is 5.92 Å². The van der Waals surface area contributed by atoms with E-state index in [1.165, 1.54) is 19.3 Å². The van der Waals surface area contributed by atoms with Crippen LogP contribution in [0.5, 0.6) is 0 Å². The highest BCUT2D eigenvalue weighted by atomic mass is 16.3. The first kappa shape index (κ1) is 5.48. The molecule has 9 heavy (non-hydrogen) atoms. The SMILES string of the molecule is O[C@H]1C=C[C@@H]2CC[C@H]1C2. The van der Waals surface area contributed by atoms with Crippen molar-refractivity contribution < 1.29 is 5.11 Å². The Bertz CT molecular complexity index is 140. The number of hydrogen-bond acceptors (Lipinski definition) is 1. The van der Waals surface area contributed by atoms with Crippen molar-refractivity contribution >= 4 is 0 Å². The molecule has 1 nitrogen and oxygen atoms in total. The third-order valence-electron chi connectivity index (χ3n) is 2.58. The number of allylic oxidation sites excluding steroid dienone is 1. The van der Waals surface area contributed by atoms with Gasteiger partial charge in [0.2, 0.25) is 0 Å². The van der Waals surface area contributed by atoms with Gasteiger partial charge in [0, 0.05) is 0 Å². The minimum atomic E-state index is -0.122. The average Bonchev–Trinajstić information content (AvgIpc) is 2.25. The van der Waals surface area contributed by atoms with Crippen molar-refractivity contribution in [2.24, 2.45) is 11.8 Å². The molecule has 2 bridgehead atoms.